The van der Waals surface area contributed by atoms with Crippen molar-refractivity contribution in [3.05, 3.63) is 70.9 Å². The molecule has 0 saturated heterocycles. The van der Waals surface area contributed by atoms with Crippen molar-refractivity contribution in [2.24, 2.45) is 5.92 Å². The van der Waals surface area contributed by atoms with Crippen LogP contribution in [0.2, 0.25) is 0 Å². The Labute approximate surface area is 214 Å². The predicted octanol–water partition coefficient (Wildman–Crippen LogP) is 2.76. The first-order valence-electron chi connectivity index (χ1n) is 12.5. The number of benzene rings is 2. The monoisotopic (exact) mass is 502 g/mol. The van der Waals surface area contributed by atoms with Gasteiger partial charge in [0.25, 0.3) is 5.91 Å². The number of hydrogen-bond donors (Lipinski definition) is 4. The lowest BCUT2D eigenvalue weighted by Crippen LogP contribution is -2.57. The smallest absolute Gasteiger partial charge is 0.325 e. The number of aromatic amines is 1. The highest BCUT2D eigenvalue weighted by atomic mass is 16.4. The van der Waals surface area contributed by atoms with E-state index in [-0.39, 0.29) is 11.8 Å². The number of aromatic nitrogens is 1. The van der Waals surface area contributed by atoms with E-state index in [2.05, 4.69) is 15.6 Å². The molecule has 0 bridgehead atoms. The summed E-state index contributed by atoms with van der Waals surface area (Å²) in [5.41, 5.74) is 4.21. The molecule has 2 aliphatic heterocycles. The third-order valence-corrected chi connectivity index (χ3v) is 7.22. The van der Waals surface area contributed by atoms with Crippen LogP contribution in [0.5, 0.6) is 0 Å². The molecule has 4 atom stereocenters. The molecule has 2 aliphatic rings. The van der Waals surface area contributed by atoms with Crippen LogP contribution in [0.25, 0.3) is 10.9 Å². The number of carbonyl (C=O) groups is 4. The minimum Gasteiger partial charge on any atom is -0.480 e. The number of hydrogen-bond acceptors (Lipinski definition) is 4. The Morgan fingerprint density at radius 3 is 2.49 bits per heavy atom. The predicted molar refractivity (Wildman–Crippen MR) is 137 cm³/mol. The number of aliphatic carboxylic acids is 1. The fraction of sp³-hybridized carbons (Fsp3) is 0.357. The van der Waals surface area contributed by atoms with Gasteiger partial charge in [0.05, 0.1) is 6.04 Å². The van der Waals surface area contributed by atoms with Gasteiger partial charge in [-0.3, -0.25) is 19.2 Å². The van der Waals surface area contributed by atoms with E-state index in [0.717, 1.165) is 27.7 Å². The first-order chi connectivity index (χ1) is 17.7. The number of rotatable bonds is 7. The van der Waals surface area contributed by atoms with Gasteiger partial charge in [0.15, 0.2) is 0 Å². The van der Waals surface area contributed by atoms with Gasteiger partial charge in [0.2, 0.25) is 11.8 Å². The highest BCUT2D eigenvalue weighted by molar-refractivity contribution is 6.04. The molecule has 0 fully saturated rings. The molecule has 0 spiro atoms. The number of carboxylic acids is 1. The molecule has 3 aromatic rings. The molecule has 0 saturated carbocycles. The van der Waals surface area contributed by atoms with Crippen molar-refractivity contribution in [3.8, 4) is 0 Å². The maximum absolute atomic E-state index is 13.8. The number of nitrogens with one attached hydrogen (secondary N) is 3. The van der Waals surface area contributed by atoms with E-state index in [1.54, 1.807) is 11.0 Å². The quantitative estimate of drug-likeness (QED) is 0.395. The summed E-state index contributed by atoms with van der Waals surface area (Å²) in [6, 6.07) is 11.9. The van der Waals surface area contributed by atoms with Gasteiger partial charge in [-0.2, -0.15) is 0 Å². The number of carbonyl (C=O) groups excluding carboxylic acids is 3. The zero-order valence-electron chi connectivity index (χ0n) is 20.9. The van der Waals surface area contributed by atoms with E-state index in [1.165, 1.54) is 6.92 Å². The van der Waals surface area contributed by atoms with Gasteiger partial charge in [-0.1, -0.05) is 50.2 Å². The Hall–Kier alpha value is -4.14. The molecule has 9 heteroatoms. The molecular weight excluding hydrogens is 472 g/mol. The minimum absolute atomic E-state index is 0.0631. The molecule has 5 rings (SSSR count). The van der Waals surface area contributed by atoms with Gasteiger partial charge in [0.1, 0.15) is 18.1 Å². The first kappa shape index (κ1) is 24.5. The normalized spacial score (nSPS) is 19.7. The second kappa shape index (κ2) is 9.38. The average Bonchev–Trinajstić information content (AvgIpc) is 3.38. The van der Waals surface area contributed by atoms with Crippen molar-refractivity contribution in [1.29, 1.82) is 0 Å². The number of H-pyrrole nitrogens is 1. The van der Waals surface area contributed by atoms with E-state index in [0.29, 0.717) is 18.4 Å². The van der Waals surface area contributed by atoms with Gasteiger partial charge in [-0.25, -0.2) is 0 Å². The molecule has 192 valence electrons. The molecule has 9 nitrogen and oxygen atoms in total. The first-order valence-corrected chi connectivity index (χ1v) is 12.5. The van der Waals surface area contributed by atoms with Gasteiger partial charge < -0.3 is 25.6 Å². The van der Waals surface area contributed by atoms with Crippen LogP contribution in [0.15, 0.2) is 48.5 Å². The van der Waals surface area contributed by atoms with Crippen molar-refractivity contribution in [3.63, 3.8) is 0 Å². The lowest BCUT2D eigenvalue weighted by atomic mass is 9.89. The van der Waals surface area contributed by atoms with Crippen LogP contribution in [0.3, 0.4) is 0 Å². The molecule has 2 aromatic carbocycles. The van der Waals surface area contributed by atoms with Crippen molar-refractivity contribution < 1.29 is 24.3 Å². The maximum Gasteiger partial charge on any atom is 0.325 e. The topological polar surface area (TPSA) is 132 Å². The minimum atomic E-state index is -1.16. The second-order valence-corrected chi connectivity index (χ2v) is 10.2. The van der Waals surface area contributed by atoms with E-state index in [4.69, 9.17) is 0 Å². The number of para-hydroxylation sites is 1. The largest absolute Gasteiger partial charge is 0.480 e. The maximum atomic E-state index is 13.8. The van der Waals surface area contributed by atoms with Crippen LogP contribution in [-0.4, -0.2) is 56.8 Å². The lowest BCUT2D eigenvalue weighted by Gasteiger charge is -2.38. The molecule has 4 N–H and O–H groups in total. The fourth-order valence-corrected chi connectivity index (χ4v) is 5.48. The highest BCUT2D eigenvalue weighted by Crippen LogP contribution is 2.46. The number of fused-ring (bicyclic) bond motifs is 7. The summed E-state index contributed by atoms with van der Waals surface area (Å²) < 4.78 is 0. The van der Waals surface area contributed by atoms with Crippen LogP contribution in [-0.2, 0) is 20.8 Å². The highest BCUT2D eigenvalue weighted by Gasteiger charge is 2.49. The summed E-state index contributed by atoms with van der Waals surface area (Å²) in [6.45, 7) is 5.21. The Morgan fingerprint density at radius 1 is 1.05 bits per heavy atom. The van der Waals surface area contributed by atoms with Crippen LogP contribution in [0.1, 0.15) is 60.4 Å². The van der Waals surface area contributed by atoms with E-state index < -0.39 is 42.0 Å². The summed E-state index contributed by atoms with van der Waals surface area (Å²) in [5, 5.41) is 15.5. The van der Waals surface area contributed by atoms with Crippen molar-refractivity contribution in [2.45, 2.75) is 57.8 Å². The van der Waals surface area contributed by atoms with Crippen LogP contribution < -0.4 is 10.6 Å². The summed E-state index contributed by atoms with van der Waals surface area (Å²) in [6.07, 6.45) is 0.621. The SMILES string of the molecule is CC(C)C[C@H](NC(=O)[C@@H]1Cc2c([nH]c3ccccc23)C2c3ccccc3C(=O)N21)C(=O)N[C@@H](C)C(=O)O. The van der Waals surface area contributed by atoms with E-state index >= 15 is 0 Å². The summed E-state index contributed by atoms with van der Waals surface area (Å²) in [4.78, 5) is 56.7. The third kappa shape index (κ3) is 4.24. The van der Waals surface area contributed by atoms with Crippen LogP contribution in [0, 0.1) is 5.92 Å². The van der Waals surface area contributed by atoms with Gasteiger partial charge >= 0.3 is 5.97 Å². The summed E-state index contributed by atoms with van der Waals surface area (Å²) >= 11 is 0. The van der Waals surface area contributed by atoms with Crippen LogP contribution in [0.4, 0.5) is 0 Å². The molecule has 37 heavy (non-hydrogen) atoms. The lowest BCUT2D eigenvalue weighted by molar-refractivity contribution is -0.141. The number of carboxylic acid groups (broad SMARTS) is 1. The molecule has 1 aromatic heterocycles. The van der Waals surface area contributed by atoms with Gasteiger partial charge in [0, 0.05) is 28.6 Å². The number of nitrogens with zero attached hydrogens (tertiary/aromatic N) is 1. The van der Waals surface area contributed by atoms with Crippen LogP contribution >= 0.6 is 0 Å². The standard InChI is InChI=1S/C28H30N4O5/c1-14(2)12-21(25(33)29-15(3)28(36)37)31-26(34)22-13-19-16-8-6-7-11-20(16)30-23(19)24-17-9-4-5-10-18(17)27(35)32(22)24/h4-11,14-15,21-22,24,30H,12-13H2,1-3H3,(H,29,33)(H,31,34)(H,36,37)/t15-,21-,22-,24?/m0/s1. The summed E-state index contributed by atoms with van der Waals surface area (Å²) in [5.74, 6) is -2.33. The average molecular weight is 503 g/mol. The van der Waals surface area contributed by atoms with E-state index in [9.17, 15) is 24.3 Å². The Bertz CT molecular complexity index is 1410. The fourth-order valence-electron chi connectivity index (χ4n) is 5.48. The van der Waals surface area contributed by atoms with Crippen molar-refractivity contribution >= 4 is 34.6 Å². The molecule has 3 heterocycles. The third-order valence-electron chi connectivity index (χ3n) is 7.22. The molecule has 0 radical (unpaired) electrons. The van der Waals surface area contributed by atoms with Crippen molar-refractivity contribution in [2.75, 3.05) is 0 Å². The Morgan fingerprint density at radius 2 is 1.76 bits per heavy atom. The Balaban J connectivity index is 1.52. The van der Waals surface area contributed by atoms with Gasteiger partial charge in [-0.05, 0) is 42.5 Å². The molecule has 1 unspecified atom stereocenters. The molecule has 3 amide bonds. The zero-order chi connectivity index (χ0) is 26.4. The van der Waals surface area contributed by atoms with Gasteiger partial charge in [-0.15, -0.1) is 0 Å². The molecular formula is C28H30N4O5. The summed E-state index contributed by atoms with van der Waals surface area (Å²) in [7, 11) is 0. The second-order valence-electron chi connectivity index (χ2n) is 10.2. The zero-order valence-corrected chi connectivity index (χ0v) is 20.9. The number of amides is 3. The van der Waals surface area contributed by atoms with E-state index in [1.807, 2.05) is 56.3 Å². The Kier molecular flexibility index (Phi) is 6.23. The molecule has 0 aliphatic carbocycles. The van der Waals surface area contributed by atoms with Crippen molar-refractivity contribution in [1.82, 2.24) is 20.5 Å².